The average molecular weight is 273 g/mol. The van der Waals surface area contributed by atoms with E-state index in [1.165, 1.54) is 21.2 Å². The Balaban J connectivity index is 1.96. The predicted molar refractivity (Wildman–Crippen MR) is 76.2 cm³/mol. The second-order valence-electron chi connectivity index (χ2n) is 4.53. The van der Waals surface area contributed by atoms with E-state index < -0.39 is 0 Å². The lowest BCUT2D eigenvalue weighted by molar-refractivity contribution is 0.686. The van der Waals surface area contributed by atoms with E-state index in [0.29, 0.717) is 6.54 Å². The van der Waals surface area contributed by atoms with Crippen LogP contribution in [0.3, 0.4) is 0 Å². The van der Waals surface area contributed by atoms with Gasteiger partial charge in [0.05, 0.1) is 0 Å². The maximum absolute atomic E-state index is 5.65. The van der Waals surface area contributed by atoms with Crippen molar-refractivity contribution in [3.8, 4) is 0 Å². The lowest BCUT2D eigenvalue weighted by Crippen LogP contribution is -2.02. The zero-order valence-electron chi connectivity index (χ0n) is 10.7. The van der Waals surface area contributed by atoms with Gasteiger partial charge in [-0.2, -0.15) is 0 Å². The summed E-state index contributed by atoms with van der Waals surface area (Å²) in [6, 6.07) is 6.53. The molecule has 5 nitrogen and oxygen atoms in total. The van der Waals surface area contributed by atoms with Gasteiger partial charge in [-0.1, -0.05) is 6.07 Å². The molecule has 0 aliphatic heterocycles. The van der Waals surface area contributed by atoms with Crippen LogP contribution >= 0.6 is 11.3 Å². The van der Waals surface area contributed by atoms with Gasteiger partial charge >= 0.3 is 0 Å². The lowest BCUT2D eigenvalue weighted by atomic mass is 10.1. The highest BCUT2D eigenvalue weighted by Crippen LogP contribution is 2.27. The Bertz CT molecular complexity index is 700. The van der Waals surface area contributed by atoms with Gasteiger partial charge in [-0.15, -0.1) is 16.4 Å². The molecule has 98 valence electrons. The fraction of sp³-hybridized carbons (Fsp3) is 0.308. The molecule has 0 aliphatic carbocycles. The third kappa shape index (κ3) is 2.36. The van der Waals surface area contributed by atoms with E-state index in [2.05, 4.69) is 39.1 Å². The summed E-state index contributed by atoms with van der Waals surface area (Å²) < 4.78 is 3.02. The summed E-state index contributed by atoms with van der Waals surface area (Å²) in [4.78, 5) is 0. The lowest BCUT2D eigenvalue weighted by Gasteiger charge is -2.02. The quantitative estimate of drug-likeness (QED) is 0.782. The summed E-state index contributed by atoms with van der Waals surface area (Å²) in [6.45, 7) is 0.684. The molecule has 2 aromatic heterocycles. The van der Waals surface area contributed by atoms with Crippen LogP contribution in [0.5, 0.6) is 0 Å². The summed E-state index contributed by atoms with van der Waals surface area (Å²) in [7, 11) is 1.86. The van der Waals surface area contributed by atoms with Crippen LogP contribution in [0.2, 0.25) is 0 Å². The van der Waals surface area contributed by atoms with Gasteiger partial charge in [0, 0.05) is 18.2 Å². The Morgan fingerprint density at radius 1 is 1.37 bits per heavy atom. The average Bonchev–Trinajstić information content (AvgIpc) is 2.98. The van der Waals surface area contributed by atoms with Gasteiger partial charge in [0.25, 0.3) is 0 Å². The molecule has 6 heteroatoms. The second kappa shape index (κ2) is 5.07. The maximum atomic E-state index is 5.65. The van der Waals surface area contributed by atoms with E-state index in [9.17, 15) is 0 Å². The van der Waals surface area contributed by atoms with Gasteiger partial charge < -0.3 is 5.73 Å². The molecule has 0 amide bonds. The molecule has 2 heterocycles. The number of rotatable bonds is 4. The van der Waals surface area contributed by atoms with Crippen molar-refractivity contribution >= 4 is 21.4 Å². The molecule has 0 fully saturated rings. The second-order valence-corrected chi connectivity index (χ2v) is 5.44. The standard InChI is InChI=1S/C13H15N5S/c1-18-13(15-16-17-18)7-9-2-3-12-11(6-9)10(4-5-14)8-19-12/h2-3,6,8H,4-5,7,14H2,1H3. The summed E-state index contributed by atoms with van der Waals surface area (Å²) in [5.41, 5.74) is 8.21. The molecule has 0 aliphatic rings. The van der Waals surface area contributed by atoms with Crippen LogP contribution in [0, 0.1) is 0 Å². The molecular formula is C13H15N5S. The first kappa shape index (κ1) is 12.3. The minimum atomic E-state index is 0.684. The molecular weight excluding hydrogens is 258 g/mol. The highest BCUT2D eigenvalue weighted by molar-refractivity contribution is 7.17. The fourth-order valence-corrected chi connectivity index (χ4v) is 3.15. The van der Waals surface area contributed by atoms with Gasteiger partial charge in [-0.25, -0.2) is 4.68 Å². The first-order chi connectivity index (χ1) is 9.28. The zero-order valence-corrected chi connectivity index (χ0v) is 11.5. The van der Waals surface area contributed by atoms with Gasteiger partial charge in [0.1, 0.15) is 0 Å². The van der Waals surface area contributed by atoms with Crippen LogP contribution in [0.1, 0.15) is 17.0 Å². The Kier molecular flexibility index (Phi) is 3.27. The van der Waals surface area contributed by atoms with Crippen LogP contribution in [0.15, 0.2) is 23.6 Å². The van der Waals surface area contributed by atoms with E-state index in [1.54, 1.807) is 16.0 Å². The summed E-state index contributed by atoms with van der Waals surface area (Å²) >= 11 is 1.77. The summed E-state index contributed by atoms with van der Waals surface area (Å²) in [5, 5.41) is 15.0. The first-order valence-electron chi connectivity index (χ1n) is 6.18. The van der Waals surface area contributed by atoms with Crippen LogP contribution in [0.4, 0.5) is 0 Å². The Hall–Kier alpha value is -1.79. The molecule has 3 rings (SSSR count). The number of hydrogen-bond donors (Lipinski definition) is 1. The largest absolute Gasteiger partial charge is 0.330 e. The smallest absolute Gasteiger partial charge is 0.155 e. The Morgan fingerprint density at radius 2 is 2.26 bits per heavy atom. The van der Waals surface area contributed by atoms with Crippen LogP contribution in [-0.4, -0.2) is 26.8 Å². The van der Waals surface area contributed by atoms with Crippen molar-refractivity contribution in [3.63, 3.8) is 0 Å². The third-order valence-corrected chi connectivity index (χ3v) is 4.21. The third-order valence-electron chi connectivity index (χ3n) is 3.20. The first-order valence-corrected chi connectivity index (χ1v) is 7.06. The SMILES string of the molecule is Cn1nnnc1Cc1ccc2scc(CCN)c2c1. The molecule has 0 radical (unpaired) electrons. The van der Waals surface area contributed by atoms with Gasteiger partial charge in [0.2, 0.25) is 0 Å². The van der Waals surface area contributed by atoms with Crippen molar-refractivity contribution < 1.29 is 0 Å². The molecule has 0 saturated heterocycles. The van der Waals surface area contributed by atoms with Crippen molar-refractivity contribution in [1.29, 1.82) is 0 Å². The number of hydrogen-bond acceptors (Lipinski definition) is 5. The van der Waals surface area contributed by atoms with Gasteiger partial charge in [0.15, 0.2) is 5.82 Å². The van der Waals surface area contributed by atoms with E-state index in [1.807, 2.05) is 7.05 Å². The highest BCUT2D eigenvalue weighted by atomic mass is 32.1. The predicted octanol–water partition coefficient (Wildman–Crippen LogP) is 1.52. The number of thiophene rings is 1. The van der Waals surface area contributed by atoms with Crippen molar-refractivity contribution in [1.82, 2.24) is 20.2 Å². The maximum Gasteiger partial charge on any atom is 0.155 e. The minimum absolute atomic E-state index is 0.684. The topological polar surface area (TPSA) is 69.6 Å². The molecule has 0 saturated carbocycles. The monoisotopic (exact) mass is 273 g/mol. The van der Waals surface area contributed by atoms with Gasteiger partial charge in [-0.05, 0) is 57.4 Å². The van der Waals surface area contributed by atoms with E-state index in [0.717, 1.165) is 18.7 Å². The van der Waals surface area contributed by atoms with Crippen molar-refractivity contribution in [2.45, 2.75) is 12.8 Å². The molecule has 0 unspecified atom stereocenters. The molecule has 0 spiro atoms. The number of aryl methyl sites for hydroxylation is 1. The summed E-state index contributed by atoms with van der Waals surface area (Å²) in [5.74, 6) is 0.870. The molecule has 2 N–H and O–H groups in total. The highest BCUT2D eigenvalue weighted by Gasteiger charge is 2.07. The van der Waals surface area contributed by atoms with E-state index in [4.69, 9.17) is 5.73 Å². The number of fused-ring (bicyclic) bond motifs is 1. The van der Waals surface area contributed by atoms with Crippen molar-refractivity contribution in [3.05, 3.63) is 40.5 Å². The fourth-order valence-electron chi connectivity index (χ4n) is 2.17. The number of tetrazole rings is 1. The molecule has 0 bridgehead atoms. The number of nitrogens with two attached hydrogens (primary N) is 1. The molecule has 3 aromatic rings. The van der Waals surface area contributed by atoms with E-state index >= 15 is 0 Å². The van der Waals surface area contributed by atoms with Crippen LogP contribution < -0.4 is 5.73 Å². The molecule has 19 heavy (non-hydrogen) atoms. The van der Waals surface area contributed by atoms with Crippen molar-refractivity contribution in [2.24, 2.45) is 12.8 Å². The normalized spacial score (nSPS) is 11.3. The summed E-state index contributed by atoms with van der Waals surface area (Å²) in [6.07, 6.45) is 1.67. The Labute approximate surface area is 115 Å². The number of aromatic nitrogens is 4. The van der Waals surface area contributed by atoms with Crippen LogP contribution in [-0.2, 0) is 19.9 Å². The number of nitrogens with zero attached hydrogens (tertiary/aromatic N) is 4. The van der Waals surface area contributed by atoms with Crippen molar-refractivity contribution in [2.75, 3.05) is 6.54 Å². The molecule has 1 aromatic carbocycles. The molecule has 0 atom stereocenters. The number of benzene rings is 1. The van der Waals surface area contributed by atoms with Gasteiger partial charge in [-0.3, -0.25) is 0 Å². The van der Waals surface area contributed by atoms with E-state index in [-0.39, 0.29) is 0 Å². The van der Waals surface area contributed by atoms with Crippen LogP contribution in [0.25, 0.3) is 10.1 Å². The zero-order chi connectivity index (χ0) is 13.2. The minimum Gasteiger partial charge on any atom is -0.330 e. The Morgan fingerprint density at radius 3 is 3.00 bits per heavy atom.